The van der Waals surface area contributed by atoms with E-state index in [4.69, 9.17) is 0 Å². The minimum absolute atomic E-state index is 0.00126. The van der Waals surface area contributed by atoms with Crippen molar-refractivity contribution in [3.63, 3.8) is 0 Å². The van der Waals surface area contributed by atoms with Crippen molar-refractivity contribution in [1.82, 2.24) is 9.88 Å². The molecule has 0 saturated heterocycles. The van der Waals surface area contributed by atoms with Crippen LogP contribution in [0.25, 0.3) is 0 Å². The average molecular weight is 366 g/mol. The number of hydrogen-bond donors (Lipinski definition) is 2. The van der Waals surface area contributed by atoms with Crippen molar-refractivity contribution in [3.05, 3.63) is 53.9 Å². The van der Waals surface area contributed by atoms with Gasteiger partial charge in [-0.2, -0.15) is 13.2 Å². The molecule has 1 aromatic carbocycles. The van der Waals surface area contributed by atoms with E-state index in [0.29, 0.717) is 11.4 Å². The molecular weight excluding hydrogens is 349 g/mol. The average Bonchev–Trinajstić information content (AvgIpc) is 2.55. The molecule has 138 valence electrons. The Morgan fingerprint density at radius 3 is 2.04 bits per heavy atom. The number of amides is 2. The van der Waals surface area contributed by atoms with E-state index in [1.807, 2.05) is 0 Å². The van der Waals surface area contributed by atoms with Gasteiger partial charge in [0.1, 0.15) is 5.69 Å². The van der Waals surface area contributed by atoms with Crippen LogP contribution >= 0.6 is 0 Å². The van der Waals surface area contributed by atoms with E-state index in [2.05, 4.69) is 15.6 Å². The number of alkyl halides is 3. The lowest BCUT2D eigenvalue weighted by Gasteiger charge is -2.11. The minimum Gasteiger partial charge on any atom is -0.325 e. The van der Waals surface area contributed by atoms with Crippen LogP contribution in [-0.2, 0) is 11.0 Å². The number of pyridine rings is 1. The molecule has 2 amide bonds. The minimum atomic E-state index is -4.55. The molecule has 2 aromatic rings. The molecule has 1 heterocycles. The number of likely N-dealkylation sites (N-methyl/N-ethyl adjacent to an activating group) is 1. The second kappa shape index (κ2) is 7.96. The Hall–Kier alpha value is -2.94. The topological polar surface area (TPSA) is 74.3 Å². The smallest absolute Gasteiger partial charge is 0.325 e. The Kier molecular flexibility index (Phi) is 5.93. The molecule has 6 nitrogen and oxygen atoms in total. The molecule has 0 fully saturated rings. The second-order valence-corrected chi connectivity index (χ2v) is 5.75. The van der Waals surface area contributed by atoms with Gasteiger partial charge in [-0.15, -0.1) is 0 Å². The largest absolute Gasteiger partial charge is 0.433 e. The molecule has 0 atom stereocenters. The SMILES string of the molecule is CN(C)CC(=O)Nc1ccc(NC(=O)c2ccc(C(F)(F)F)nc2)cc1. The summed E-state index contributed by atoms with van der Waals surface area (Å²) in [6.07, 6.45) is -3.68. The molecule has 9 heteroatoms. The normalized spacial score (nSPS) is 11.3. The highest BCUT2D eigenvalue weighted by Gasteiger charge is 2.32. The van der Waals surface area contributed by atoms with Crippen LogP contribution in [0.1, 0.15) is 16.1 Å². The number of anilines is 2. The van der Waals surface area contributed by atoms with E-state index in [-0.39, 0.29) is 18.0 Å². The molecule has 1 aromatic heterocycles. The number of halogens is 3. The number of nitrogens with zero attached hydrogens (tertiary/aromatic N) is 2. The Morgan fingerprint density at radius 2 is 1.58 bits per heavy atom. The van der Waals surface area contributed by atoms with Gasteiger partial charge in [-0.3, -0.25) is 14.6 Å². The molecule has 26 heavy (non-hydrogen) atoms. The van der Waals surface area contributed by atoms with Gasteiger partial charge in [0.05, 0.1) is 12.1 Å². The first-order chi connectivity index (χ1) is 12.1. The molecule has 2 N–H and O–H groups in total. The third kappa shape index (κ3) is 5.55. The van der Waals surface area contributed by atoms with E-state index in [0.717, 1.165) is 18.3 Å². The van der Waals surface area contributed by atoms with Crippen LogP contribution in [0, 0.1) is 0 Å². The van der Waals surface area contributed by atoms with Crippen molar-refractivity contribution < 1.29 is 22.8 Å². The zero-order valence-corrected chi connectivity index (χ0v) is 14.1. The Labute approximate surface area is 148 Å². The van der Waals surface area contributed by atoms with Crippen LogP contribution in [0.4, 0.5) is 24.5 Å². The molecule has 0 aliphatic carbocycles. The highest BCUT2D eigenvalue weighted by molar-refractivity contribution is 6.04. The van der Waals surface area contributed by atoms with Gasteiger partial charge in [-0.05, 0) is 50.5 Å². The van der Waals surface area contributed by atoms with Crippen molar-refractivity contribution in [1.29, 1.82) is 0 Å². The van der Waals surface area contributed by atoms with Gasteiger partial charge >= 0.3 is 6.18 Å². The summed E-state index contributed by atoms with van der Waals surface area (Å²) < 4.78 is 37.4. The summed E-state index contributed by atoms with van der Waals surface area (Å²) in [5.41, 5.74) is -0.0696. The summed E-state index contributed by atoms with van der Waals surface area (Å²) in [6, 6.07) is 8.16. The molecular formula is C17H17F3N4O2. The first-order valence-electron chi connectivity index (χ1n) is 7.54. The maximum Gasteiger partial charge on any atom is 0.433 e. The maximum absolute atomic E-state index is 12.5. The van der Waals surface area contributed by atoms with Gasteiger partial charge in [0, 0.05) is 17.6 Å². The predicted octanol–water partition coefficient (Wildman–Crippen LogP) is 2.85. The quantitative estimate of drug-likeness (QED) is 0.853. The predicted molar refractivity (Wildman–Crippen MR) is 90.8 cm³/mol. The van der Waals surface area contributed by atoms with Gasteiger partial charge in [-0.1, -0.05) is 0 Å². The summed E-state index contributed by atoms with van der Waals surface area (Å²) in [5, 5.41) is 5.24. The molecule has 0 aliphatic rings. The van der Waals surface area contributed by atoms with Crippen molar-refractivity contribution in [2.75, 3.05) is 31.3 Å². The number of hydrogen-bond acceptors (Lipinski definition) is 4. The first kappa shape index (κ1) is 19.4. The lowest BCUT2D eigenvalue weighted by molar-refractivity contribution is -0.141. The van der Waals surface area contributed by atoms with Crippen LogP contribution in [0.3, 0.4) is 0 Å². The van der Waals surface area contributed by atoms with Crippen LogP contribution in [0.15, 0.2) is 42.6 Å². The number of aromatic nitrogens is 1. The Bertz CT molecular complexity index is 772. The lowest BCUT2D eigenvalue weighted by Crippen LogP contribution is -2.27. The maximum atomic E-state index is 12.5. The first-order valence-corrected chi connectivity index (χ1v) is 7.54. The summed E-state index contributed by atoms with van der Waals surface area (Å²) in [5.74, 6) is -0.766. The number of carbonyl (C=O) groups is 2. The van der Waals surface area contributed by atoms with E-state index >= 15 is 0 Å². The molecule has 0 saturated carbocycles. The molecule has 0 radical (unpaired) electrons. The summed E-state index contributed by atoms with van der Waals surface area (Å²) in [7, 11) is 3.54. The fourth-order valence-corrected chi connectivity index (χ4v) is 2.02. The number of rotatable bonds is 5. The number of carbonyl (C=O) groups excluding carboxylic acids is 2. The molecule has 0 spiro atoms. The van der Waals surface area contributed by atoms with Crippen LogP contribution in [-0.4, -0.2) is 42.3 Å². The molecule has 0 unspecified atom stereocenters. The van der Waals surface area contributed by atoms with Crippen molar-refractivity contribution >= 4 is 23.2 Å². The van der Waals surface area contributed by atoms with E-state index in [9.17, 15) is 22.8 Å². The zero-order valence-electron chi connectivity index (χ0n) is 14.1. The highest BCUT2D eigenvalue weighted by Crippen LogP contribution is 2.27. The van der Waals surface area contributed by atoms with Crippen LogP contribution in [0.5, 0.6) is 0 Å². The van der Waals surface area contributed by atoms with E-state index in [1.54, 1.807) is 43.3 Å². The fourth-order valence-electron chi connectivity index (χ4n) is 2.02. The molecule has 2 rings (SSSR count). The fraction of sp³-hybridized carbons (Fsp3) is 0.235. The monoisotopic (exact) mass is 366 g/mol. The van der Waals surface area contributed by atoms with Gasteiger partial charge in [0.25, 0.3) is 5.91 Å². The zero-order chi connectivity index (χ0) is 19.3. The summed E-state index contributed by atoms with van der Waals surface area (Å²) in [6.45, 7) is 0.236. The van der Waals surface area contributed by atoms with Crippen LogP contribution in [0.2, 0.25) is 0 Å². The van der Waals surface area contributed by atoms with Gasteiger partial charge in [-0.25, -0.2) is 0 Å². The summed E-state index contributed by atoms with van der Waals surface area (Å²) >= 11 is 0. The number of nitrogens with one attached hydrogen (secondary N) is 2. The Morgan fingerprint density at radius 1 is 1.00 bits per heavy atom. The van der Waals surface area contributed by atoms with Crippen LogP contribution < -0.4 is 10.6 Å². The number of benzene rings is 1. The standard InChI is InChI=1S/C17H17F3N4O2/c1-24(2)10-15(25)22-12-4-6-13(7-5-12)23-16(26)11-3-8-14(21-9-11)17(18,19)20/h3-9H,10H2,1-2H3,(H,22,25)(H,23,26). The lowest BCUT2D eigenvalue weighted by atomic mass is 10.2. The van der Waals surface area contributed by atoms with Crippen molar-refractivity contribution in [2.45, 2.75) is 6.18 Å². The third-order valence-electron chi connectivity index (χ3n) is 3.20. The van der Waals surface area contributed by atoms with Gasteiger partial charge in [0.2, 0.25) is 5.91 Å². The molecule has 0 bridgehead atoms. The van der Waals surface area contributed by atoms with Crippen molar-refractivity contribution in [2.24, 2.45) is 0 Å². The van der Waals surface area contributed by atoms with Crippen molar-refractivity contribution in [3.8, 4) is 0 Å². The third-order valence-corrected chi connectivity index (χ3v) is 3.20. The summed E-state index contributed by atoms with van der Waals surface area (Å²) in [4.78, 5) is 28.7. The van der Waals surface area contributed by atoms with Gasteiger partial charge < -0.3 is 15.5 Å². The van der Waals surface area contributed by atoms with E-state index in [1.165, 1.54) is 0 Å². The molecule has 0 aliphatic heterocycles. The second-order valence-electron chi connectivity index (χ2n) is 5.75. The van der Waals surface area contributed by atoms with E-state index < -0.39 is 17.8 Å². The van der Waals surface area contributed by atoms with Gasteiger partial charge in [0.15, 0.2) is 0 Å². The highest BCUT2D eigenvalue weighted by atomic mass is 19.4. The Balaban J connectivity index is 1.98.